The first kappa shape index (κ1) is 36.9. The molecule has 2 heterocycles. The Labute approximate surface area is 289 Å². The molecule has 12 heteroatoms. The molecule has 49 heavy (non-hydrogen) atoms. The van der Waals surface area contributed by atoms with Crippen molar-refractivity contribution in [2.24, 2.45) is 10.7 Å². The number of likely N-dealkylation sites (N-methyl/N-ethyl adjacent to an activating group) is 1. The van der Waals surface area contributed by atoms with Gasteiger partial charge in [-0.2, -0.15) is 0 Å². The van der Waals surface area contributed by atoms with Crippen LogP contribution in [0.25, 0.3) is 28.1 Å². The number of hydrogen-bond acceptors (Lipinski definition) is 8. The average Bonchev–Trinajstić information content (AvgIpc) is 3.77. The third-order valence-corrected chi connectivity index (χ3v) is 8.54. The standard InChI is InChI=1S/C37H50N8O4/c1-6-7-22-49-37(48)41-26(3)36(47)44(5)20-8-10-33-40-24-32(42-33)30-18-14-28(15-19-30)27-12-16-29(17-13-27)31(23-39-4)43-34-11-9-21-45(34)35(46)25(2)38/h12-19,23-26,34,43H,4,6-11,20-22,38H2,1-3,5H3,(H,40,42)(H,41,48)/b31-23-/t25-,26-,34?/m0/s1. The number of aromatic amines is 1. The second kappa shape index (κ2) is 18.0. The minimum absolute atomic E-state index is 0.0643. The molecule has 3 aromatic rings. The summed E-state index contributed by atoms with van der Waals surface area (Å²) in [6.45, 7) is 10.6. The predicted molar refractivity (Wildman–Crippen MR) is 193 cm³/mol. The lowest BCUT2D eigenvalue weighted by atomic mass is 10.0. The number of amides is 3. The minimum Gasteiger partial charge on any atom is -0.450 e. The number of unbranched alkanes of at least 4 members (excludes halogenated alkanes) is 1. The number of carbonyl (C=O) groups excluding carboxylic acids is 3. The zero-order valence-electron chi connectivity index (χ0n) is 29.1. The Bertz CT molecular complexity index is 1580. The van der Waals surface area contributed by atoms with Crippen LogP contribution < -0.4 is 16.4 Å². The largest absolute Gasteiger partial charge is 0.450 e. The lowest BCUT2D eigenvalue weighted by Crippen LogP contribution is -2.49. The summed E-state index contributed by atoms with van der Waals surface area (Å²) in [7, 11) is 1.73. The van der Waals surface area contributed by atoms with Crippen molar-refractivity contribution in [3.63, 3.8) is 0 Å². The van der Waals surface area contributed by atoms with Gasteiger partial charge >= 0.3 is 6.09 Å². The van der Waals surface area contributed by atoms with E-state index in [2.05, 4.69) is 68.7 Å². The second-order valence-electron chi connectivity index (χ2n) is 12.5. The summed E-state index contributed by atoms with van der Waals surface area (Å²) in [6.07, 6.45) is 7.66. The van der Waals surface area contributed by atoms with Crippen molar-refractivity contribution in [3.8, 4) is 22.4 Å². The molecule has 1 aliphatic rings. The summed E-state index contributed by atoms with van der Waals surface area (Å²) in [4.78, 5) is 52.5. The first-order valence-corrected chi connectivity index (χ1v) is 17.0. The van der Waals surface area contributed by atoms with Crippen LogP contribution in [0, 0.1) is 0 Å². The molecule has 3 amide bonds. The van der Waals surface area contributed by atoms with Gasteiger partial charge in [-0.05, 0) is 68.5 Å². The van der Waals surface area contributed by atoms with Gasteiger partial charge in [-0.15, -0.1) is 0 Å². The van der Waals surface area contributed by atoms with Crippen LogP contribution in [0.4, 0.5) is 4.79 Å². The van der Waals surface area contributed by atoms with Gasteiger partial charge in [0.05, 0.1) is 30.2 Å². The smallest absolute Gasteiger partial charge is 0.407 e. The Morgan fingerprint density at radius 3 is 2.45 bits per heavy atom. The van der Waals surface area contributed by atoms with E-state index in [-0.39, 0.29) is 18.0 Å². The van der Waals surface area contributed by atoms with Crippen LogP contribution in [0.5, 0.6) is 0 Å². The lowest BCUT2D eigenvalue weighted by molar-refractivity contribution is -0.133. The Morgan fingerprint density at radius 1 is 1.12 bits per heavy atom. The van der Waals surface area contributed by atoms with Gasteiger partial charge in [0.2, 0.25) is 11.8 Å². The van der Waals surface area contributed by atoms with Gasteiger partial charge in [-0.1, -0.05) is 61.9 Å². The number of benzene rings is 2. The zero-order chi connectivity index (χ0) is 35.3. The molecule has 262 valence electrons. The Balaban J connectivity index is 1.29. The number of alkyl carbamates (subject to hydrolysis) is 1. The molecule has 2 aromatic carbocycles. The molecule has 1 saturated heterocycles. The summed E-state index contributed by atoms with van der Waals surface area (Å²) in [5, 5.41) is 6.08. The van der Waals surface area contributed by atoms with Gasteiger partial charge in [0, 0.05) is 32.8 Å². The van der Waals surface area contributed by atoms with Crippen LogP contribution in [0.15, 0.2) is 65.9 Å². The molecule has 1 aromatic heterocycles. The van der Waals surface area contributed by atoms with Crippen molar-refractivity contribution in [3.05, 3.63) is 72.3 Å². The molecule has 0 spiro atoms. The number of aromatic nitrogens is 2. The van der Waals surface area contributed by atoms with E-state index in [9.17, 15) is 14.4 Å². The van der Waals surface area contributed by atoms with Crippen molar-refractivity contribution in [2.45, 2.75) is 77.5 Å². The van der Waals surface area contributed by atoms with Crippen LogP contribution in [0.2, 0.25) is 0 Å². The molecule has 0 bridgehead atoms. The van der Waals surface area contributed by atoms with E-state index >= 15 is 0 Å². The van der Waals surface area contributed by atoms with E-state index in [0.717, 1.165) is 71.6 Å². The maximum atomic E-state index is 12.7. The van der Waals surface area contributed by atoms with Gasteiger partial charge in [0.25, 0.3) is 0 Å². The van der Waals surface area contributed by atoms with Crippen LogP contribution >= 0.6 is 0 Å². The highest BCUT2D eigenvalue weighted by Crippen LogP contribution is 2.27. The van der Waals surface area contributed by atoms with E-state index in [1.165, 1.54) is 0 Å². The third kappa shape index (κ3) is 10.3. The average molecular weight is 671 g/mol. The zero-order valence-corrected chi connectivity index (χ0v) is 29.1. The molecule has 12 nitrogen and oxygen atoms in total. The van der Waals surface area contributed by atoms with Gasteiger partial charge in [-0.3, -0.25) is 14.6 Å². The van der Waals surface area contributed by atoms with Crippen molar-refractivity contribution >= 4 is 30.3 Å². The van der Waals surface area contributed by atoms with Crippen LogP contribution in [0.3, 0.4) is 0 Å². The van der Waals surface area contributed by atoms with Crippen molar-refractivity contribution < 1.29 is 19.1 Å². The molecule has 1 fully saturated rings. The number of aliphatic imine (C=N–C) groups is 1. The van der Waals surface area contributed by atoms with Gasteiger partial charge in [-0.25, -0.2) is 9.78 Å². The van der Waals surface area contributed by atoms with E-state index in [4.69, 9.17) is 10.5 Å². The van der Waals surface area contributed by atoms with Gasteiger partial charge in [0.15, 0.2) is 0 Å². The Kier molecular flexibility index (Phi) is 13.5. The number of carbonyl (C=O) groups is 3. The number of likely N-dealkylation sites (tertiary alicyclic amines) is 1. The summed E-state index contributed by atoms with van der Waals surface area (Å²) in [5.41, 5.74) is 11.7. The highest BCUT2D eigenvalue weighted by atomic mass is 16.5. The summed E-state index contributed by atoms with van der Waals surface area (Å²) in [6, 6.07) is 15.3. The first-order chi connectivity index (χ1) is 23.6. The number of ether oxygens (including phenoxy) is 1. The molecule has 5 N–H and O–H groups in total. The van der Waals surface area contributed by atoms with E-state index in [1.807, 2.05) is 25.3 Å². The number of aryl methyl sites for hydroxylation is 1. The molecule has 1 aliphatic heterocycles. The number of nitrogens with two attached hydrogens (primary N) is 1. The van der Waals surface area contributed by atoms with E-state index in [1.54, 1.807) is 36.9 Å². The molecular weight excluding hydrogens is 620 g/mol. The predicted octanol–water partition coefficient (Wildman–Crippen LogP) is 4.93. The molecule has 1 unspecified atom stereocenters. The second-order valence-corrected chi connectivity index (χ2v) is 12.5. The fourth-order valence-corrected chi connectivity index (χ4v) is 5.74. The maximum absolute atomic E-state index is 12.7. The third-order valence-electron chi connectivity index (χ3n) is 8.54. The number of imidazole rings is 1. The number of nitrogens with one attached hydrogen (secondary N) is 3. The maximum Gasteiger partial charge on any atom is 0.407 e. The first-order valence-electron chi connectivity index (χ1n) is 17.0. The molecule has 0 radical (unpaired) electrons. The number of nitrogens with zero attached hydrogens (tertiary/aromatic N) is 4. The quantitative estimate of drug-likeness (QED) is 0.124. The van der Waals surface area contributed by atoms with Crippen LogP contribution in [-0.2, 0) is 20.7 Å². The summed E-state index contributed by atoms with van der Waals surface area (Å²) >= 11 is 0. The van der Waals surface area contributed by atoms with Gasteiger partial charge < -0.3 is 35.9 Å². The van der Waals surface area contributed by atoms with Crippen molar-refractivity contribution in [2.75, 3.05) is 26.7 Å². The number of H-pyrrole nitrogens is 1. The normalized spacial score (nSPS) is 15.7. The van der Waals surface area contributed by atoms with Crippen LogP contribution in [-0.4, -0.2) is 89.4 Å². The number of hydrogen-bond donors (Lipinski definition) is 4. The van der Waals surface area contributed by atoms with Crippen molar-refractivity contribution in [1.82, 2.24) is 30.4 Å². The molecule has 0 saturated carbocycles. The highest BCUT2D eigenvalue weighted by molar-refractivity contribution is 5.85. The summed E-state index contributed by atoms with van der Waals surface area (Å²) < 4.78 is 5.09. The van der Waals surface area contributed by atoms with Gasteiger partial charge in [0.1, 0.15) is 18.0 Å². The molecule has 0 aliphatic carbocycles. The highest BCUT2D eigenvalue weighted by Gasteiger charge is 2.30. The minimum atomic E-state index is -0.664. The molecule has 4 rings (SSSR count). The topological polar surface area (TPSA) is 158 Å². The lowest BCUT2D eigenvalue weighted by Gasteiger charge is -2.28. The SMILES string of the molecule is C=N/C=C(\NC1CCCN1C(=O)[C@H](C)N)c1ccc(-c2ccc(-c3cnc(CCCN(C)C(=O)[C@H](C)NC(=O)OCCCC)[nH]3)cc2)cc1. The number of rotatable bonds is 16. The Hall–Kier alpha value is -4.97. The fourth-order valence-electron chi connectivity index (χ4n) is 5.74. The van der Waals surface area contributed by atoms with Crippen LogP contribution in [0.1, 0.15) is 64.3 Å². The fraction of sp³-hybridized carbons (Fsp3) is 0.432. The monoisotopic (exact) mass is 670 g/mol. The Morgan fingerprint density at radius 2 is 1.80 bits per heavy atom. The van der Waals surface area contributed by atoms with E-state index < -0.39 is 18.2 Å². The molecule has 3 atom stereocenters. The summed E-state index contributed by atoms with van der Waals surface area (Å²) in [5.74, 6) is 0.608. The van der Waals surface area contributed by atoms with E-state index in [0.29, 0.717) is 26.1 Å². The van der Waals surface area contributed by atoms with Crippen molar-refractivity contribution in [1.29, 1.82) is 0 Å². The molecular formula is C37H50N8O4.